The fourth-order valence-electron chi connectivity index (χ4n) is 4.13. The topological polar surface area (TPSA) is 87.3 Å². The minimum absolute atomic E-state index is 0.308. The van der Waals surface area contributed by atoms with Crippen molar-refractivity contribution in [2.45, 2.75) is 40.7 Å². The van der Waals surface area contributed by atoms with Gasteiger partial charge in [-0.3, -0.25) is 15.0 Å². The number of methoxy groups -OCH3 is 1. The molecule has 3 rings (SSSR count). The Morgan fingerprint density at radius 2 is 2.00 bits per heavy atom. The van der Waals surface area contributed by atoms with E-state index in [1.807, 2.05) is 5.38 Å². The van der Waals surface area contributed by atoms with E-state index in [0.29, 0.717) is 39.5 Å². The number of piperidine rings is 1. The van der Waals surface area contributed by atoms with Gasteiger partial charge < -0.3 is 9.72 Å². The van der Waals surface area contributed by atoms with Crippen LogP contribution < -0.4 is 5.32 Å². The molecule has 2 atom stereocenters. The van der Waals surface area contributed by atoms with Gasteiger partial charge in [0.1, 0.15) is 5.69 Å². The summed E-state index contributed by atoms with van der Waals surface area (Å²) in [5.41, 5.74) is 2.92. The molecule has 2 aromatic heterocycles. The van der Waals surface area contributed by atoms with E-state index in [1.165, 1.54) is 24.9 Å². The van der Waals surface area contributed by atoms with Crippen molar-refractivity contribution in [1.29, 1.82) is 0 Å². The third kappa shape index (κ3) is 4.44. The zero-order chi connectivity index (χ0) is 20.4. The molecule has 7 nitrogen and oxygen atoms in total. The number of likely N-dealkylation sites (tertiary alicyclic amines) is 1. The first-order chi connectivity index (χ1) is 13.3. The van der Waals surface area contributed by atoms with Crippen LogP contribution in [0.2, 0.25) is 0 Å². The number of aromatic nitrogens is 2. The van der Waals surface area contributed by atoms with Gasteiger partial charge in [0.15, 0.2) is 5.13 Å². The maximum atomic E-state index is 12.7. The molecule has 0 radical (unpaired) electrons. The molecule has 2 aromatic rings. The third-order valence-electron chi connectivity index (χ3n) is 5.16. The number of aromatic amines is 1. The zero-order valence-electron chi connectivity index (χ0n) is 17.1. The van der Waals surface area contributed by atoms with E-state index < -0.39 is 5.97 Å². The molecule has 3 heterocycles. The van der Waals surface area contributed by atoms with Gasteiger partial charge in [0.25, 0.3) is 5.91 Å². The Labute approximate surface area is 169 Å². The first-order valence-electron chi connectivity index (χ1n) is 9.54. The van der Waals surface area contributed by atoms with Crippen LogP contribution in [-0.4, -0.2) is 46.9 Å². The zero-order valence-corrected chi connectivity index (χ0v) is 17.9. The molecular formula is C20H28N4O3S. The van der Waals surface area contributed by atoms with Gasteiger partial charge in [0.2, 0.25) is 0 Å². The van der Waals surface area contributed by atoms with Gasteiger partial charge in [-0.1, -0.05) is 13.8 Å². The van der Waals surface area contributed by atoms with Crippen molar-refractivity contribution in [2.24, 2.45) is 11.8 Å². The number of rotatable bonds is 5. The van der Waals surface area contributed by atoms with Crippen LogP contribution in [0.4, 0.5) is 5.13 Å². The Kier molecular flexibility index (Phi) is 6.20. The number of nitrogens with zero attached hydrogens (tertiary/aromatic N) is 2. The molecule has 0 bridgehead atoms. The molecular weight excluding hydrogens is 376 g/mol. The second kappa shape index (κ2) is 8.45. The third-order valence-corrected chi connectivity index (χ3v) is 5.96. The highest BCUT2D eigenvalue weighted by molar-refractivity contribution is 7.13. The van der Waals surface area contributed by atoms with Gasteiger partial charge in [-0.25, -0.2) is 9.78 Å². The van der Waals surface area contributed by atoms with Crippen LogP contribution in [0, 0.1) is 25.7 Å². The molecule has 0 aliphatic carbocycles. The van der Waals surface area contributed by atoms with Crippen molar-refractivity contribution in [1.82, 2.24) is 14.9 Å². The number of thiazole rings is 1. The quantitative estimate of drug-likeness (QED) is 0.744. The summed E-state index contributed by atoms with van der Waals surface area (Å²) in [5, 5.41) is 5.39. The summed E-state index contributed by atoms with van der Waals surface area (Å²) < 4.78 is 4.79. The minimum atomic E-state index is -0.452. The van der Waals surface area contributed by atoms with Gasteiger partial charge in [0.05, 0.1) is 18.4 Å². The Hall–Kier alpha value is -2.19. The first-order valence-corrected chi connectivity index (χ1v) is 10.4. The average Bonchev–Trinajstić information content (AvgIpc) is 3.17. The van der Waals surface area contributed by atoms with Gasteiger partial charge in [-0.15, -0.1) is 11.3 Å². The van der Waals surface area contributed by atoms with Crippen molar-refractivity contribution >= 4 is 28.3 Å². The number of aryl methyl sites for hydroxylation is 1. The van der Waals surface area contributed by atoms with Gasteiger partial charge in [-0.05, 0) is 37.7 Å². The number of ether oxygens (including phenoxy) is 1. The SMILES string of the molecule is COC(=O)c1c(C)[nH]c(C(=O)Nc2nc(CN3CC(C)CC(C)C3)cs2)c1C. The normalized spacial score (nSPS) is 20.2. The molecule has 2 unspecified atom stereocenters. The van der Waals surface area contributed by atoms with Gasteiger partial charge in [-0.2, -0.15) is 0 Å². The number of carbonyl (C=O) groups excluding carboxylic acids is 2. The van der Waals surface area contributed by atoms with E-state index in [0.717, 1.165) is 25.3 Å². The fourth-order valence-corrected chi connectivity index (χ4v) is 4.83. The number of esters is 1. The predicted octanol–water partition coefficient (Wildman–Crippen LogP) is 3.60. The van der Waals surface area contributed by atoms with Crippen LogP contribution in [0.15, 0.2) is 5.38 Å². The molecule has 28 heavy (non-hydrogen) atoms. The highest BCUT2D eigenvalue weighted by Gasteiger charge is 2.24. The van der Waals surface area contributed by atoms with E-state index in [9.17, 15) is 9.59 Å². The second-order valence-corrected chi connectivity index (χ2v) is 8.71. The maximum absolute atomic E-state index is 12.7. The van der Waals surface area contributed by atoms with E-state index in [1.54, 1.807) is 13.8 Å². The van der Waals surface area contributed by atoms with Gasteiger partial charge >= 0.3 is 5.97 Å². The second-order valence-electron chi connectivity index (χ2n) is 7.85. The monoisotopic (exact) mass is 404 g/mol. The lowest BCUT2D eigenvalue weighted by atomic mass is 9.92. The van der Waals surface area contributed by atoms with E-state index in [-0.39, 0.29) is 5.91 Å². The molecule has 1 aliphatic heterocycles. The lowest BCUT2D eigenvalue weighted by Crippen LogP contribution is -2.38. The molecule has 1 fully saturated rings. The molecule has 1 saturated heterocycles. The lowest BCUT2D eigenvalue weighted by molar-refractivity contribution is 0.0599. The van der Waals surface area contributed by atoms with E-state index in [4.69, 9.17) is 4.74 Å². The molecule has 1 amide bonds. The number of hydrogen-bond acceptors (Lipinski definition) is 6. The number of H-pyrrole nitrogens is 1. The smallest absolute Gasteiger partial charge is 0.339 e. The van der Waals surface area contributed by atoms with Crippen molar-refractivity contribution in [3.8, 4) is 0 Å². The van der Waals surface area contributed by atoms with Crippen LogP contribution >= 0.6 is 11.3 Å². The summed E-state index contributed by atoms with van der Waals surface area (Å²) in [7, 11) is 1.33. The number of anilines is 1. The van der Waals surface area contributed by atoms with Crippen molar-refractivity contribution in [2.75, 3.05) is 25.5 Å². The highest BCUT2D eigenvalue weighted by Crippen LogP contribution is 2.25. The average molecular weight is 405 g/mol. The Balaban J connectivity index is 1.67. The van der Waals surface area contributed by atoms with Crippen LogP contribution in [0.25, 0.3) is 0 Å². The summed E-state index contributed by atoms with van der Waals surface area (Å²) in [6, 6.07) is 0. The van der Waals surface area contributed by atoms with E-state index in [2.05, 4.69) is 34.0 Å². The van der Waals surface area contributed by atoms with Crippen molar-refractivity contribution < 1.29 is 14.3 Å². The largest absolute Gasteiger partial charge is 0.465 e. The van der Waals surface area contributed by atoms with E-state index >= 15 is 0 Å². The Morgan fingerprint density at radius 3 is 2.64 bits per heavy atom. The lowest BCUT2D eigenvalue weighted by Gasteiger charge is -2.34. The van der Waals surface area contributed by atoms with Crippen LogP contribution in [0.5, 0.6) is 0 Å². The van der Waals surface area contributed by atoms with Crippen molar-refractivity contribution in [3.05, 3.63) is 33.6 Å². The van der Waals surface area contributed by atoms with Crippen LogP contribution in [0.1, 0.15) is 58.1 Å². The minimum Gasteiger partial charge on any atom is -0.465 e. The number of amides is 1. The van der Waals surface area contributed by atoms with Crippen LogP contribution in [0.3, 0.4) is 0 Å². The molecule has 8 heteroatoms. The Bertz CT molecular complexity index is 863. The maximum Gasteiger partial charge on any atom is 0.339 e. The molecule has 0 saturated carbocycles. The first kappa shape index (κ1) is 20.5. The molecule has 152 valence electrons. The Morgan fingerprint density at radius 1 is 1.32 bits per heavy atom. The summed E-state index contributed by atoms with van der Waals surface area (Å²) in [6.07, 6.45) is 1.28. The molecule has 0 aromatic carbocycles. The highest BCUT2D eigenvalue weighted by atomic mass is 32.1. The molecule has 1 aliphatic rings. The van der Waals surface area contributed by atoms with Crippen molar-refractivity contribution in [3.63, 3.8) is 0 Å². The molecule has 0 spiro atoms. The standard InChI is InChI=1S/C20H28N4O3S/c1-11-6-12(2)8-24(7-11)9-15-10-28-20(22-15)23-18(25)17-13(3)16(14(4)21-17)19(26)27-5/h10-12,21H,6-9H2,1-5H3,(H,22,23,25). The molecule has 2 N–H and O–H groups in total. The summed E-state index contributed by atoms with van der Waals surface area (Å²) in [4.78, 5) is 34.5. The number of carbonyl (C=O) groups is 2. The predicted molar refractivity (Wildman–Crippen MR) is 110 cm³/mol. The number of nitrogens with one attached hydrogen (secondary N) is 2. The van der Waals surface area contributed by atoms with Gasteiger partial charge in [0, 0.05) is 30.7 Å². The summed E-state index contributed by atoms with van der Waals surface area (Å²) in [5.74, 6) is 0.637. The van der Waals surface area contributed by atoms with Crippen LogP contribution in [-0.2, 0) is 11.3 Å². The summed E-state index contributed by atoms with van der Waals surface area (Å²) in [6.45, 7) is 11.0. The fraction of sp³-hybridized carbons (Fsp3) is 0.550. The number of hydrogen-bond donors (Lipinski definition) is 2. The summed E-state index contributed by atoms with van der Waals surface area (Å²) >= 11 is 1.42.